The van der Waals surface area contributed by atoms with Gasteiger partial charge in [0.25, 0.3) is 5.56 Å². The van der Waals surface area contributed by atoms with E-state index in [0.29, 0.717) is 17.3 Å². The fraction of sp³-hybridized carbons (Fsp3) is 0.438. The summed E-state index contributed by atoms with van der Waals surface area (Å²) in [6.45, 7) is 2.61. The van der Waals surface area contributed by atoms with Gasteiger partial charge < -0.3 is 5.11 Å². The summed E-state index contributed by atoms with van der Waals surface area (Å²) in [6.07, 6.45) is 5.34. The van der Waals surface area contributed by atoms with E-state index < -0.39 is 5.97 Å². The molecule has 0 unspecified atom stereocenters. The number of carboxylic acid groups (broad SMARTS) is 1. The van der Waals surface area contributed by atoms with Gasteiger partial charge in [0.05, 0.1) is 5.39 Å². The summed E-state index contributed by atoms with van der Waals surface area (Å²) in [7, 11) is 0. The Morgan fingerprint density at radius 1 is 1.14 bits per heavy atom. The molecule has 0 atom stereocenters. The molecule has 5 heteroatoms. The maximum absolute atomic E-state index is 12.3. The molecule has 0 aliphatic heterocycles. The lowest BCUT2D eigenvalue weighted by Crippen LogP contribution is -2.26. The molecule has 0 aliphatic rings. The highest BCUT2D eigenvalue weighted by molar-refractivity contribution is 6.01. The molecule has 0 radical (unpaired) electrons. The number of fused-ring (bicyclic) bond motifs is 1. The molecule has 2 aromatic rings. The lowest BCUT2D eigenvalue weighted by molar-refractivity contribution is 0.0690. The predicted octanol–water partition coefficient (Wildman–Crippen LogP) is 3.07. The van der Waals surface area contributed by atoms with Gasteiger partial charge in [-0.15, -0.1) is 0 Å². The minimum absolute atomic E-state index is 0.0567. The predicted molar refractivity (Wildman–Crippen MR) is 81.7 cm³/mol. The normalized spacial score (nSPS) is 10.9. The highest BCUT2D eigenvalue weighted by Crippen LogP contribution is 2.13. The first-order valence-corrected chi connectivity index (χ1v) is 7.38. The molecule has 0 saturated heterocycles. The van der Waals surface area contributed by atoms with Crippen LogP contribution in [0, 0.1) is 0 Å². The molecule has 1 N–H and O–H groups in total. The molecule has 112 valence electrons. The number of hydrogen-bond donors (Lipinski definition) is 1. The average molecular weight is 288 g/mol. The Morgan fingerprint density at radius 3 is 2.48 bits per heavy atom. The maximum Gasteiger partial charge on any atom is 0.357 e. The highest BCUT2D eigenvalue weighted by Gasteiger charge is 2.15. The van der Waals surface area contributed by atoms with Crippen molar-refractivity contribution in [2.75, 3.05) is 0 Å². The maximum atomic E-state index is 12.3. The first-order chi connectivity index (χ1) is 10.1. The minimum Gasteiger partial charge on any atom is -0.476 e. The summed E-state index contributed by atoms with van der Waals surface area (Å²) in [4.78, 5) is 23.6. The Morgan fingerprint density at radius 2 is 1.81 bits per heavy atom. The van der Waals surface area contributed by atoms with Gasteiger partial charge in [-0.1, -0.05) is 50.8 Å². The molecule has 0 aliphatic carbocycles. The Kier molecular flexibility index (Phi) is 5.09. The molecule has 0 fully saturated rings. The van der Waals surface area contributed by atoms with E-state index in [4.69, 9.17) is 0 Å². The van der Waals surface area contributed by atoms with E-state index in [1.807, 2.05) is 0 Å². The van der Waals surface area contributed by atoms with Crippen molar-refractivity contribution in [3.05, 3.63) is 40.3 Å². The molecule has 1 heterocycles. The van der Waals surface area contributed by atoms with Crippen molar-refractivity contribution >= 4 is 16.7 Å². The SMILES string of the molecule is CCCCCCCn1nc(C(=O)O)c2ccccc2c1=O. The highest BCUT2D eigenvalue weighted by atomic mass is 16.4. The number of aromatic carboxylic acids is 1. The van der Waals surface area contributed by atoms with Crippen molar-refractivity contribution in [3.8, 4) is 0 Å². The van der Waals surface area contributed by atoms with Crippen molar-refractivity contribution in [3.63, 3.8) is 0 Å². The van der Waals surface area contributed by atoms with Crippen LogP contribution in [-0.4, -0.2) is 20.9 Å². The van der Waals surface area contributed by atoms with Crippen molar-refractivity contribution < 1.29 is 9.90 Å². The van der Waals surface area contributed by atoms with Gasteiger partial charge in [0.15, 0.2) is 5.69 Å². The topological polar surface area (TPSA) is 72.2 Å². The first kappa shape index (κ1) is 15.2. The fourth-order valence-electron chi connectivity index (χ4n) is 2.41. The number of unbranched alkanes of at least 4 members (excludes halogenated alkanes) is 4. The zero-order valence-electron chi connectivity index (χ0n) is 12.2. The van der Waals surface area contributed by atoms with Crippen LogP contribution >= 0.6 is 0 Å². The van der Waals surface area contributed by atoms with Gasteiger partial charge in [0.2, 0.25) is 0 Å². The fourth-order valence-corrected chi connectivity index (χ4v) is 2.41. The third-order valence-corrected chi connectivity index (χ3v) is 3.54. The van der Waals surface area contributed by atoms with Gasteiger partial charge in [-0.3, -0.25) is 4.79 Å². The van der Waals surface area contributed by atoms with E-state index >= 15 is 0 Å². The quantitative estimate of drug-likeness (QED) is 0.795. The number of nitrogens with zero attached hydrogens (tertiary/aromatic N) is 2. The van der Waals surface area contributed by atoms with Crippen LogP contribution in [0.4, 0.5) is 0 Å². The Hall–Kier alpha value is -2.17. The van der Waals surface area contributed by atoms with Crippen LogP contribution in [0.1, 0.15) is 49.5 Å². The van der Waals surface area contributed by atoms with Gasteiger partial charge in [-0.05, 0) is 12.5 Å². The zero-order valence-corrected chi connectivity index (χ0v) is 12.2. The smallest absolute Gasteiger partial charge is 0.357 e. The Balaban J connectivity index is 2.29. The summed E-state index contributed by atoms with van der Waals surface area (Å²) in [5.74, 6) is -1.11. The number of hydrogen-bond acceptors (Lipinski definition) is 3. The number of aryl methyl sites for hydroxylation is 1. The van der Waals surface area contributed by atoms with Gasteiger partial charge >= 0.3 is 5.97 Å². The average Bonchev–Trinajstić information content (AvgIpc) is 2.49. The van der Waals surface area contributed by atoms with E-state index in [1.54, 1.807) is 24.3 Å². The third-order valence-electron chi connectivity index (χ3n) is 3.54. The number of carbonyl (C=O) groups is 1. The number of aromatic nitrogens is 2. The van der Waals surface area contributed by atoms with Crippen LogP contribution in [0.25, 0.3) is 10.8 Å². The molecule has 0 spiro atoms. The van der Waals surface area contributed by atoms with E-state index in [9.17, 15) is 14.7 Å². The molecule has 2 rings (SSSR count). The van der Waals surface area contributed by atoms with E-state index in [1.165, 1.54) is 11.1 Å². The van der Waals surface area contributed by atoms with Gasteiger partial charge in [0.1, 0.15) is 0 Å². The molecule has 1 aromatic heterocycles. The van der Waals surface area contributed by atoms with Gasteiger partial charge in [-0.2, -0.15) is 5.10 Å². The summed E-state index contributed by atoms with van der Waals surface area (Å²) >= 11 is 0. The van der Waals surface area contributed by atoms with Crippen LogP contribution in [0.3, 0.4) is 0 Å². The standard InChI is InChI=1S/C16H20N2O3/c1-2-3-4-5-8-11-18-15(19)13-10-7-6-9-12(13)14(17-18)16(20)21/h6-7,9-10H,2-5,8,11H2,1H3,(H,20,21). The van der Waals surface area contributed by atoms with E-state index in [-0.39, 0.29) is 11.3 Å². The first-order valence-electron chi connectivity index (χ1n) is 7.38. The van der Waals surface area contributed by atoms with Crippen LogP contribution < -0.4 is 5.56 Å². The van der Waals surface area contributed by atoms with Crippen LogP contribution in [0.15, 0.2) is 29.1 Å². The van der Waals surface area contributed by atoms with Crippen LogP contribution in [-0.2, 0) is 6.54 Å². The summed E-state index contributed by atoms with van der Waals surface area (Å²) < 4.78 is 1.29. The largest absolute Gasteiger partial charge is 0.476 e. The second-order valence-electron chi connectivity index (χ2n) is 5.14. The second kappa shape index (κ2) is 7.02. The van der Waals surface area contributed by atoms with Crippen molar-refractivity contribution in [1.29, 1.82) is 0 Å². The van der Waals surface area contributed by atoms with Gasteiger partial charge in [0, 0.05) is 11.9 Å². The van der Waals surface area contributed by atoms with Crippen molar-refractivity contribution in [2.24, 2.45) is 0 Å². The van der Waals surface area contributed by atoms with Gasteiger partial charge in [-0.25, -0.2) is 9.48 Å². The molecule has 0 amide bonds. The monoisotopic (exact) mass is 288 g/mol. The summed E-state index contributed by atoms with van der Waals surface area (Å²) in [5.41, 5.74) is -0.273. The van der Waals surface area contributed by atoms with Crippen molar-refractivity contribution in [1.82, 2.24) is 9.78 Å². The molecule has 1 aromatic carbocycles. The lowest BCUT2D eigenvalue weighted by Gasteiger charge is -2.08. The van der Waals surface area contributed by atoms with E-state index in [0.717, 1.165) is 25.7 Å². The zero-order chi connectivity index (χ0) is 15.2. The molecular formula is C16H20N2O3. The molecular weight excluding hydrogens is 268 g/mol. The lowest BCUT2D eigenvalue weighted by atomic mass is 10.1. The number of benzene rings is 1. The van der Waals surface area contributed by atoms with Crippen LogP contribution in [0.2, 0.25) is 0 Å². The molecule has 5 nitrogen and oxygen atoms in total. The minimum atomic E-state index is -1.11. The summed E-state index contributed by atoms with van der Waals surface area (Å²) in [6, 6.07) is 6.73. The molecule has 21 heavy (non-hydrogen) atoms. The Labute approximate surface area is 123 Å². The molecule has 0 bridgehead atoms. The van der Waals surface area contributed by atoms with E-state index in [2.05, 4.69) is 12.0 Å². The second-order valence-corrected chi connectivity index (χ2v) is 5.14. The molecule has 0 saturated carbocycles. The van der Waals surface area contributed by atoms with Crippen LogP contribution in [0.5, 0.6) is 0 Å². The summed E-state index contributed by atoms with van der Waals surface area (Å²) in [5, 5.41) is 14.1. The van der Waals surface area contributed by atoms with Crippen molar-refractivity contribution in [2.45, 2.75) is 45.6 Å². The third kappa shape index (κ3) is 3.48. The number of carboxylic acids is 1. The Bertz CT molecular complexity index is 691. The number of rotatable bonds is 7.